The van der Waals surface area contributed by atoms with Crippen molar-refractivity contribution in [1.29, 1.82) is 0 Å². The average Bonchev–Trinajstić information content (AvgIpc) is 3.15. The Labute approximate surface area is 166 Å². The van der Waals surface area contributed by atoms with Gasteiger partial charge in [-0.25, -0.2) is 17.4 Å². The van der Waals surface area contributed by atoms with Crippen molar-refractivity contribution in [3.63, 3.8) is 0 Å². The number of piperidine rings is 1. The first kappa shape index (κ1) is 20.5. The van der Waals surface area contributed by atoms with Crippen LogP contribution in [0.3, 0.4) is 0 Å². The second-order valence-electron chi connectivity index (χ2n) is 7.11. The third-order valence-corrected chi connectivity index (χ3v) is 7.20. The maximum atomic E-state index is 12.7. The molecule has 1 aromatic carbocycles. The summed E-state index contributed by atoms with van der Waals surface area (Å²) in [6.07, 6.45) is 3.75. The Morgan fingerprint density at radius 1 is 1.11 bits per heavy atom. The summed E-state index contributed by atoms with van der Waals surface area (Å²) < 4.78 is 27.2. The third-order valence-electron chi connectivity index (χ3n) is 5.31. The highest BCUT2D eigenvalue weighted by Gasteiger charge is 2.30. The fraction of sp³-hybridized carbons (Fsp3) is 0.500. The number of hydrogen-bond acceptors (Lipinski definition) is 4. The second kappa shape index (κ2) is 8.87. The molecule has 0 bridgehead atoms. The molecule has 8 heteroatoms. The van der Waals surface area contributed by atoms with E-state index in [0.29, 0.717) is 38.3 Å². The summed E-state index contributed by atoms with van der Waals surface area (Å²) in [5.74, 6) is 0.503. The first-order valence-corrected chi connectivity index (χ1v) is 11.4. The summed E-state index contributed by atoms with van der Waals surface area (Å²) in [5, 5.41) is 7.29. The van der Waals surface area contributed by atoms with Crippen LogP contribution in [0.15, 0.2) is 36.5 Å². The average molecular weight is 405 g/mol. The van der Waals surface area contributed by atoms with E-state index >= 15 is 0 Å². The molecule has 7 nitrogen and oxygen atoms in total. The molecule has 28 heavy (non-hydrogen) atoms. The predicted octanol–water partition coefficient (Wildman–Crippen LogP) is 2.49. The van der Waals surface area contributed by atoms with Crippen LogP contribution in [0.25, 0.3) is 0 Å². The van der Waals surface area contributed by atoms with Crippen molar-refractivity contribution in [2.24, 2.45) is 5.92 Å². The van der Waals surface area contributed by atoms with Gasteiger partial charge in [-0.15, -0.1) is 0 Å². The van der Waals surface area contributed by atoms with Crippen molar-refractivity contribution in [2.75, 3.05) is 24.2 Å². The van der Waals surface area contributed by atoms with Crippen molar-refractivity contribution in [1.82, 2.24) is 14.1 Å². The van der Waals surface area contributed by atoms with Crippen LogP contribution in [0, 0.1) is 5.92 Å². The molecule has 1 aliphatic rings. The number of nitrogens with zero attached hydrogens (tertiary/aromatic N) is 3. The molecule has 2 aromatic rings. The molecule has 0 aliphatic carbocycles. The molecule has 1 amide bonds. The van der Waals surface area contributed by atoms with E-state index in [1.54, 1.807) is 23.9 Å². The first-order valence-electron chi connectivity index (χ1n) is 9.81. The molecule has 3 rings (SSSR count). The van der Waals surface area contributed by atoms with Gasteiger partial charge in [0.2, 0.25) is 15.9 Å². The van der Waals surface area contributed by atoms with Crippen LogP contribution in [0.2, 0.25) is 0 Å². The Morgan fingerprint density at radius 2 is 1.75 bits per heavy atom. The summed E-state index contributed by atoms with van der Waals surface area (Å²) in [4.78, 5) is 12.7. The lowest BCUT2D eigenvalue weighted by molar-refractivity contribution is -0.121. The molecular weight excluding hydrogens is 376 g/mol. The molecule has 1 fully saturated rings. The Balaban J connectivity index is 1.59. The van der Waals surface area contributed by atoms with Gasteiger partial charge in [0.15, 0.2) is 0 Å². The standard InChI is InChI=1S/C20H28N4O3S/c1-3-16-5-7-17(8-6-16)15-24-19(9-12-21-24)22-20(25)18-10-13-23(14-11-18)28(26,27)4-2/h5-9,12,18H,3-4,10-11,13-15H2,1-2H3,(H,22,25). The van der Waals surface area contributed by atoms with Crippen molar-refractivity contribution in [2.45, 2.75) is 39.7 Å². The van der Waals surface area contributed by atoms with Gasteiger partial charge >= 0.3 is 0 Å². The number of nitrogens with one attached hydrogen (secondary N) is 1. The number of rotatable bonds is 7. The highest BCUT2D eigenvalue weighted by molar-refractivity contribution is 7.89. The molecule has 152 valence electrons. The van der Waals surface area contributed by atoms with Gasteiger partial charge in [0, 0.05) is 25.1 Å². The minimum absolute atomic E-state index is 0.0726. The Morgan fingerprint density at radius 3 is 2.36 bits per heavy atom. The molecule has 1 aromatic heterocycles. The van der Waals surface area contributed by atoms with E-state index in [2.05, 4.69) is 41.6 Å². The van der Waals surface area contributed by atoms with E-state index in [1.807, 2.05) is 0 Å². The zero-order valence-electron chi connectivity index (χ0n) is 16.5. The molecule has 0 spiro atoms. The van der Waals surface area contributed by atoms with Crippen LogP contribution >= 0.6 is 0 Å². The molecule has 1 aliphatic heterocycles. The summed E-state index contributed by atoms with van der Waals surface area (Å²) in [7, 11) is -3.18. The van der Waals surface area contributed by atoms with E-state index in [9.17, 15) is 13.2 Å². The summed E-state index contributed by atoms with van der Waals surface area (Å²) in [5.41, 5.74) is 2.41. The highest BCUT2D eigenvalue weighted by atomic mass is 32.2. The number of carbonyl (C=O) groups excluding carboxylic acids is 1. The molecule has 0 unspecified atom stereocenters. The first-order chi connectivity index (χ1) is 13.4. The number of anilines is 1. The SMILES string of the molecule is CCc1ccc(Cn2nccc2NC(=O)C2CCN(S(=O)(=O)CC)CC2)cc1. The molecule has 1 N–H and O–H groups in total. The van der Waals surface area contributed by atoms with Gasteiger partial charge < -0.3 is 5.32 Å². The van der Waals surface area contributed by atoms with Crippen molar-refractivity contribution < 1.29 is 13.2 Å². The minimum Gasteiger partial charge on any atom is -0.311 e. The lowest BCUT2D eigenvalue weighted by Crippen LogP contribution is -2.42. The molecule has 0 saturated carbocycles. The summed E-state index contributed by atoms with van der Waals surface area (Å²) in [6.45, 7) is 5.15. The third kappa shape index (κ3) is 4.80. The predicted molar refractivity (Wildman–Crippen MR) is 110 cm³/mol. The maximum absolute atomic E-state index is 12.7. The molecule has 1 saturated heterocycles. The molecule has 0 atom stereocenters. The van der Waals surface area contributed by atoms with Crippen LogP contribution in [-0.4, -0.2) is 47.3 Å². The number of aryl methyl sites for hydroxylation is 1. The van der Waals surface area contributed by atoms with Crippen LogP contribution in [-0.2, 0) is 27.8 Å². The van der Waals surface area contributed by atoms with E-state index in [4.69, 9.17) is 0 Å². The zero-order valence-corrected chi connectivity index (χ0v) is 17.3. The van der Waals surface area contributed by atoms with E-state index < -0.39 is 10.0 Å². The number of sulfonamides is 1. The van der Waals surface area contributed by atoms with E-state index in [-0.39, 0.29) is 17.6 Å². The molecule has 0 radical (unpaired) electrons. The van der Waals surface area contributed by atoms with Crippen molar-refractivity contribution in [3.8, 4) is 0 Å². The van der Waals surface area contributed by atoms with Crippen LogP contribution in [0.4, 0.5) is 5.82 Å². The largest absolute Gasteiger partial charge is 0.311 e. The fourth-order valence-corrected chi connectivity index (χ4v) is 4.56. The highest BCUT2D eigenvalue weighted by Crippen LogP contribution is 2.22. The lowest BCUT2D eigenvalue weighted by Gasteiger charge is -2.30. The van der Waals surface area contributed by atoms with E-state index in [0.717, 1.165) is 12.0 Å². The number of aromatic nitrogens is 2. The number of benzene rings is 1. The van der Waals surface area contributed by atoms with E-state index in [1.165, 1.54) is 9.87 Å². The molecule has 2 heterocycles. The van der Waals surface area contributed by atoms with Gasteiger partial charge in [0.05, 0.1) is 18.5 Å². The number of hydrogen-bond donors (Lipinski definition) is 1. The van der Waals surface area contributed by atoms with Gasteiger partial charge in [0.1, 0.15) is 5.82 Å². The Kier molecular flexibility index (Phi) is 6.51. The maximum Gasteiger partial charge on any atom is 0.228 e. The summed E-state index contributed by atoms with van der Waals surface area (Å²) >= 11 is 0. The monoisotopic (exact) mass is 404 g/mol. The van der Waals surface area contributed by atoms with Gasteiger partial charge in [0.25, 0.3) is 0 Å². The Bertz CT molecular complexity index is 898. The molecular formula is C20H28N4O3S. The smallest absolute Gasteiger partial charge is 0.228 e. The number of carbonyl (C=O) groups is 1. The van der Waals surface area contributed by atoms with Crippen LogP contribution in [0.1, 0.15) is 37.8 Å². The zero-order chi connectivity index (χ0) is 20.1. The fourth-order valence-electron chi connectivity index (χ4n) is 3.43. The van der Waals surface area contributed by atoms with Gasteiger partial charge in [-0.2, -0.15) is 5.10 Å². The quantitative estimate of drug-likeness (QED) is 0.768. The Hall–Kier alpha value is -2.19. The second-order valence-corrected chi connectivity index (χ2v) is 9.36. The van der Waals surface area contributed by atoms with Crippen LogP contribution < -0.4 is 5.32 Å². The minimum atomic E-state index is -3.18. The topological polar surface area (TPSA) is 84.3 Å². The van der Waals surface area contributed by atoms with Crippen molar-refractivity contribution in [3.05, 3.63) is 47.7 Å². The van der Waals surface area contributed by atoms with Gasteiger partial charge in [-0.3, -0.25) is 4.79 Å². The summed E-state index contributed by atoms with van der Waals surface area (Å²) in [6, 6.07) is 10.2. The lowest BCUT2D eigenvalue weighted by atomic mass is 9.97. The van der Waals surface area contributed by atoms with Gasteiger partial charge in [-0.05, 0) is 37.3 Å². The van der Waals surface area contributed by atoms with Crippen LogP contribution in [0.5, 0.6) is 0 Å². The normalized spacial score (nSPS) is 16.2. The van der Waals surface area contributed by atoms with Crippen molar-refractivity contribution >= 4 is 21.7 Å². The van der Waals surface area contributed by atoms with Gasteiger partial charge in [-0.1, -0.05) is 31.2 Å². The number of amides is 1.